The SMILES string of the molecule is Cc1nsc2nc(-c3ccc(F)cc3)c(-c3ccnc(N(C)C4CC4)n3)cc12. The normalized spacial score (nSPS) is 13.8. The number of hydrogen-bond donors (Lipinski definition) is 0. The Morgan fingerprint density at radius 1 is 1.11 bits per heavy atom. The maximum absolute atomic E-state index is 13.5. The minimum absolute atomic E-state index is 0.268. The highest BCUT2D eigenvalue weighted by Gasteiger charge is 2.28. The quantitative estimate of drug-likeness (QED) is 0.497. The molecule has 5 nitrogen and oxygen atoms in total. The number of fused-ring (bicyclic) bond motifs is 1. The fraction of sp³-hybridized carbons (Fsp3) is 0.238. The van der Waals surface area contributed by atoms with Crippen LogP contribution in [0.5, 0.6) is 0 Å². The molecular formula is C21H18FN5S. The summed E-state index contributed by atoms with van der Waals surface area (Å²) in [5.74, 6) is 0.445. The fourth-order valence-electron chi connectivity index (χ4n) is 3.30. The number of aryl methyl sites for hydroxylation is 1. The van der Waals surface area contributed by atoms with Crippen LogP contribution < -0.4 is 4.90 Å². The summed E-state index contributed by atoms with van der Waals surface area (Å²) in [7, 11) is 2.03. The second-order valence-electron chi connectivity index (χ2n) is 7.10. The van der Waals surface area contributed by atoms with Gasteiger partial charge in [-0.15, -0.1) is 0 Å². The van der Waals surface area contributed by atoms with Gasteiger partial charge < -0.3 is 4.90 Å². The van der Waals surface area contributed by atoms with Crippen molar-refractivity contribution in [2.45, 2.75) is 25.8 Å². The highest BCUT2D eigenvalue weighted by molar-refractivity contribution is 7.12. The Morgan fingerprint density at radius 3 is 2.64 bits per heavy atom. The Balaban J connectivity index is 1.71. The Bertz CT molecular complexity index is 1170. The molecule has 1 aliphatic rings. The van der Waals surface area contributed by atoms with E-state index in [1.165, 1.54) is 36.5 Å². The van der Waals surface area contributed by atoms with Crippen LogP contribution >= 0.6 is 11.5 Å². The van der Waals surface area contributed by atoms with Crippen LogP contribution in [0.4, 0.5) is 10.3 Å². The highest BCUT2D eigenvalue weighted by atomic mass is 32.1. The van der Waals surface area contributed by atoms with E-state index >= 15 is 0 Å². The monoisotopic (exact) mass is 391 g/mol. The van der Waals surface area contributed by atoms with Crippen LogP contribution in [0.25, 0.3) is 32.7 Å². The minimum atomic E-state index is -0.268. The lowest BCUT2D eigenvalue weighted by Gasteiger charge is -2.17. The Labute approximate surface area is 166 Å². The zero-order valence-electron chi connectivity index (χ0n) is 15.6. The third-order valence-electron chi connectivity index (χ3n) is 5.09. The van der Waals surface area contributed by atoms with Crippen molar-refractivity contribution in [3.8, 4) is 22.5 Å². The molecular weight excluding hydrogens is 373 g/mol. The van der Waals surface area contributed by atoms with E-state index in [-0.39, 0.29) is 5.82 Å². The average molecular weight is 391 g/mol. The summed E-state index contributed by atoms with van der Waals surface area (Å²) >= 11 is 1.37. The number of nitrogens with zero attached hydrogens (tertiary/aromatic N) is 5. The topological polar surface area (TPSA) is 54.8 Å². The standard InChI is InChI=1S/C21H18FN5S/c1-12-16-11-17(18-9-10-23-21(24-18)27(2)15-7-8-15)19(25-20(16)28-26-12)13-3-5-14(22)6-4-13/h3-6,9-11,15H,7-8H2,1-2H3. The number of halogens is 1. The van der Waals surface area contributed by atoms with Gasteiger partial charge in [-0.1, -0.05) is 0 Å². The first-order chi connectivity index (χ1) is 13.6. The van der Waals surface area contributed by atoms with Gasteiger partial charge in [-0.25, -0.2) is 19.3 Å². The number of benzene rings is 1. The van der Waals surface area contributed by atoms with Crippen molar-refractivity contribution >= 4 is 27.7 Å². The predicted octanol–water partition coefficient (Wildman–Crippen LogP) is 4.86. The molecule has 0 radical (unpaired) electrons. The molecule has 140 valence electrons. The lowest BCUT2D eigenvalue weighted by atomic mass is 10.0. The maximum atomic E-state index is 13.5. The van der Waals surface area contributed by atoms with Crippen LogP contribution in [0.1, 0.15) is 18.5 Å². The van der Waals surface area contributed by atoms with Gasteiger partial charge in [0.1, 0.15) is 10.6 Å². The molecule has 1 aromatic carbocycles. The van der Waals surface area contributed by atoms with Crippen molar-refractivity contribution in [2.75, 3.05) is 11.9 Å². The van der Waals surface area contributed by atoms with E-state index < -0.39 is 0 Å². The lowest BCUT2D eigenvalue weighted by molar-refractivity contribution is 0.628. The Kier molecular flexibility index (Phi) is 4.05. The van der Waals surface area contributed by atoms with Gasteiger partial charge in [-0.2, -0.15) is 4.37 Å². The smallest absolute Gasteiger partial charge is 0.225 e. The molecule has 0 bridgehead atoms. The van der Waals surface area contributed by atoms with Gasteiger partial charge in [0.05, 0.1) is 17.1 Å². The second kappa shape index (κ2) is 6.60. The molecule has 1 aliphatic carbocycles. The molecule has 3 aromatic heterocycles. The summed E-state index contributed by atoms with van der Waals surface area (Å²) in [4.78, 5) is 17.1. The van der Waals surface area contributed by atoms with Crippen LogP contribution in [0.15, 0.2) is 42.6 Å². The highest BCUT2D eigenvalue weighted by Crippen LogP contribution is 2.36. The van der Waals surface area contributed by atoms with Crippen LogP contribution in [0, 0.1) is 12.7 Å². The van der Waals surface area contributed by atoms with Gasteiger partial charge in [-0.3, -0.25) is 0 Å². The minimum Gasteiger partial charge on any atom is -0.341 e. The van der Waals surface area contributed by atoms with Gasteiger partial charge in [0.15, 0.2) is 0 Å². The maximum Gasteiger partial charge on any atom is 0.225 e. The number of pyridine rings is 1. The number of anilines is 1. The summed E-state index contributed by atoms with van der Waals surface area (Å²) in [5, 5.41) is 1.02. The molecule has 0 unspecified atom stereocenters. The molecule has 4 aromatic rings. The molecule has 0 spiro atoms. The Morgan fingerprint density at radius 2 is 1.89 bits per heavy atom. The zero-order valence-corrected chi connectivity index (χ0v) is 16.4. The molecule has 0 aliphatic heterocycles. The summed E-state index contributed by atoms with van der Waals surface area (Å²) < 4.78 is 17.9. The van der Waals surface area contributed by atoms with E-state index in [9.17, 15) is 4.39 Å². The predicted molar refractivity (Wildman–Crippen MR) is 110 cm³/mol. The largest absolute Gasteiger partial charge is 0.341 e. The molecule has 28 heavy (non-hydrogen) atoms. The summed E-state index contributed by atoms with van der Waals surface area (Å²) in [5.41, 5.74) is 4.27. The molecule has 0 amide bonds. The third kappa shape index (κ3) is 3.01. The Hall–Kier alpha value is -2.93. The van der Waals surface area contributed by atoms with E-state index in [1.807, 2.05) is 20.0 Å². The fourth-order valence-corrected chi connectivity index (χ4v) is 4.06. The average Bonchev–Trinajstić information content (AvgIpc) is 3.51. The molecule has 1 fully saturated rings. The van der Waals surface area contributed by atoms with Gasteiger partial charge in [0.25, 0.3) is 0 Å². The van der Waals surface area contributed by atoms with Crippen molar-refractivity contribution in [2.24, 2.45) is 0 Å². The van der Waals surface area contributed by atoms with Gasteiger partial charge >= 0.3 is 0 Å². The van der Waals surface area contributed by atoms with Gasteiger partial charge in [0, 0.05) is 35.8 Å². The molecule has 0 saturated heterocycles. The molecule has 5 rings (SSSR count). The van der Waals surface area contributed by atoms with Crippen LogP contribution in [-0.4, -0.2) is 32.4 Å². The number of hydrogen-bond acceptors (Lipinski definition) is 6. The lowest BCUT2D eigenvalue weighted by Crippen LogP contribution is -2.21. The first kappa shape index (κ1) is 17.2. The first-order valence-electron chi connectivity index (χ1n) is 9.19. The van der Waals surface area contributed by atoms with Crippen LogP contribution in [0.2, 0.25) is 0 Å². The van der Waals surface area contributed by atoms with E-state index in [0.717, 1.165) is 38.4 Å². The van der Waals surface area contributed by atoms with Crippen molar-refractivity contribution in [1.29, 1.82) is 0 Å². The molecule has 0 atom stereocenters. The van der Waals surface area contributed by atoms with Crippen LogP contribution in [0.3, 0.4) is 0 Å². The van der Waals surface area contributed by atoms with E-state index in [4.69, 9.17) is 9.97 Å². The summed E-state index contributed by atoms with van der Waals surface area (Å²) in [6.07, 6.45) is 4.14. The number of aromatic nitrogens is 4. The van der Waals surface area contributed by atoms with Crippen molar-refractivity contribution in [3.05, 3.63) is 54.1 Å². The summed E-state index contributed by atoms with van der Waals surface area (Å²) in [6, 6.07) is 10.9. The molecule has 7 heteroatoms. The van der Waals surface area contributed by atoms with E-state index in [2.05, 4.69) is 20.3 Å². The van der Waals surface area contributed by atoms with E-state index in [0.29, 0.717) is 12.0 Å². The van der Waals surface area contributed by atoms with Gasteiger partial charge in [0.2, 0.25) is 5.95 Å². The number of rotatable bonds is 4. The van der Waals surface area contributed by atoms with Crippen molar-refractivity contribution in [1.82, 2.24) is 19.3 Å². The first-order valence-corrected chi connectivity index (χ1v) is 9.97. The zero-order chi connectivity index (χ0) is 19.3. The molecule has 0 N–H and O–H groups in total. The third-order valence-corrected chi connectivity index (χ3v) is 5.94. The van der Waals surface area contributed by atoms with Crippen LogP contribution in [-0.2, 0) is 0 Å². The summed E-state index contributed by atoms with van der Waals surface area (Å²) in [6.45, 7) is 1.98. The molecule has 1 saturated carbocycles. The molecule has 3 heterocycles. The van der Waals surface area contributed by atoms with Crippen molar-refractivity contribution < 1.29 is 4.39 Å². The second-order valence-corrected chi connectivity index (χ2v) is 7.85. The van der Waals surface area contributed by atoms with Crippen molar-refractivity contribution in [3.63, 3.8) is 0 Å². The van der Waals surface area contributed by atoms with E-state index in [1.54, 1.807) is 18.3 Å². The van der Waals surface area contributed by atoms with Gasteiger partial charge in [-0.05, 0) is 67.7 Å².